The zero-order valence-corrected chi connectivity index (χ0v) is 6.61. The molecular formula is C5H11NO3S. The van der Waals surface area contributed by atoms with Crippen molar-refractivity contribution in [2.24, 2.45) is 0 Å². The Morgan fingerprint density at radius 2 is 2.10 bits per heavy atom. The monoisotopic (exact) mass is 165 g/mol. The molecular weight excluding hydrogens is 154 g/mol. The van der Waals surface area contributed by atoms with E-state index in [2.05, 4.69) is 5.32 Å². The van der Waals surface area contributed by atoms with Crippen LogP contribution in [0.3, 0.4) is 0 Å². The van der Waals surface area contributed by atoms with Gasteiger partial charge >= 0.3 is 0 Å². The maximum Gasteiger partial charge on any atom is 0.150 e. The van der Waals surface area contributed by atoms with E-state index in [0.29, 0.717) is 13.1 Å². The molecule has 0 spiro atoms. The lowest BCUT2D eigenvalue weighted by molar-refractivity contribution is 0.0121. The molecule has 0 unspecified atom stereocenters. The van der Waals surface area contributed by atoms with Crippen LogP contribution in [0.1, 0.15) is 0 Å². The Bertz CT molecular complexity index is 217. The summed E-state index contributed by atoms with van der Waals surface area (Å²) in [6.45, 7) is 0.778. The first-order valence-electron chi connectivity index (χ1n) is 3.02. The molecule has 1 rings (SSSR count). The van der Waals surface area contributed by atoms with Gasteiger partial charge in [0.05, 0.1) is 5.75 Å². The van der Waals surface area contributed by atoms with E-state index in [0.717, 1.165) is 6.26 Å². The van der Waals surface area contributed by atoms with Crippen LogP contribution in [0, 0.1) is 0 Å². The summed E-state index contributed by atoms with van der Waals surface area (Å²) in [5.41, 5.74) is -0.992. The molecule has 0 amide bonds. The molecule has 0 aromatic heterocycles. The first kappa shape index (κ1) is 7.97. The fraction of sp³-hybridized carbons (Fsp3) is 1.00. The number of β-amino-alcohol motifs (C(OH)–C–C–N with tert-alkyl or cyclic N) is 1. The maximum atomic E-state index is 10.7. The van der Waals surface area contributed by atoms with E-state index in [1.54, 1.807) is 0 Å². The maximum absolute atomic E-state index is 10.7. The zero-order valence-electron chi connectivity index (χ0n) is 5.79. The highest BCUT2D eigenvalue weighted by Gasteiger charge is 2.37. The average Bonchev–Trinajstić information content (AvgIpc) is 1.57. The summed E-state index contributed by atoms with van der Waals surface area (Å²) in [7, 11) is -3.03. The molecule has 60 valence electrons. The number of hydrogen-bond acceptors (Lipinski definition) is 4. The van der Waals surface area contributed by atoms with Crippen molar-refractivity contribution in [1.82, 2.24) is 5.32 Å². The van der Waals surface area contributed by atoms with Crippen LogP contribution in [0.15, 0.2) is 0 Å². The van der Waals surface area contributed by atoms with Gasteiger partial charge in [0.1, 0.15) is 15.4 Å². The van der Waals surface area contributed by atoms with Crippen molar-refractivity contribution in [2.45, 2.75) is 5.60 Å². The lowest BCUT2D eigenvalue weighted by Crippen LogP contribution is -2.62. The molecule has 10 heavy (non-hydrogen) atoms. The summed E-state index contributed by atoms with van der Waals surface area (Å²) in [5.74, 6) is -0.132. The smallest absolute Gasteiger partial charge is 0.150 e. The normalized spacial score (nSPS) is 23.8. The SMILES string of the molecule is CS(=O)(=O)CC1(O)CNC1. The van der Waals surface area contributed by atoms with Crippen molar-refractivity contribution in [3.63, 3.8) is 0 Å². The fourth-order valence-electron chi connectivity index (χ4n) is 1.00. The minimum Gasteiger partial charge on any atom is -0.386 e. The molecule has 0 aliphatic carbocycles. The van der Waals surface area contributed by atoms with Gasteiger partial charge in [-0.05, 0) is 0 Å². The molecule has 4 nitrogen and oxygen atoms in total. The van der Waals surface area contributed by atoms with Crippen molar-refractivity contribution < 1.29 is 13.5 Å². The van der Waals surface area contributed by atoms with Gasteiger partial charge in [-0.1, -0.05) is 0 Å². The summed E-state index contributed by atoms with van der Waals surface area (Å²) < 4.78 is 21.3. The highest BCUT2D eigenvalue weighted by atomic mass is 32.2. The Balaban J connectivity index is 2.53. The predicted molar refractivity (Wildman–Crippen MR) is 37.5 cm³/mol. The third-order valence-electron chi connectivity index (χ3n) is 1.44. The number of aliphatic hydroxyl groups is 1. The first-order chi connectivity index (χ1) is 4.41. The van der Waals surface area contributed by atoms with Crippen LogP contribution in [-0.2, 0) is 9.84 Å². The van der Waals surface area contributed by atoms with Gasteiger partial charge in [-0.2, -0.15) is 0 Å². The van der Waals surface area contributed by atoms with E-state index in [1.165, 1.54) is 0 Å². The number of nitrogens with one attached hydrogen (secondary N) is 1. The molecule has 1 heterocycles. The molecule has 1 aliphatic heterocycles. The molecule has 0 saturated carbocycles. The van der Waals surface area contributed by atoms with Gasteiger partial charge in [0.15, 0.2) is 0 Å². The van der Waals surface area contributed by atoms with Crippen LogP contribution in [0.25, 0.3) is 0 Å². The van der Waals surface area contributed by atoms with E-state index in [1.807, 2.05) is 0 Å². The molecule has 2 N–H and O–H groups in total. The third kappa shape index (κ3) is 1.93. The largest absolute Gasteiger partial charge is 0.386 e. The molecule has 5 heteroatoms. The second-order valence-electron chi connectivity index (χ2n) is 2.90. The van der Waals surface area contributed by atoms with Gasteiger partial charge in [0.2, 0.25) is 0 Å². The van der Waals surface area contributed by atoms with Crippen molar-refractivity contribution in [1.29, 1.82) is 0 Å². The Labute approximate surface area is 60.2 Å². The van der Waals surface area contributed by atoms with E-state index < -0.39 is 15.4 Å². The van der Waals surface area contributed by atoms with Crippen LogP contribution in [0.5, 0.6) is 0 Å². The van der Waals surface area contributed by atoms with Crippen LogP contribution < -0.4 is 5.32 Å². The minimum absolute atomic E-state index is 0.132. The lowest BCUT2D eigenvalue weighted by atomic mass is 10.0. The van der Waals surface area contributed by atoms with Crippen molar-refractivity contribution >= 4 is 9.84 Å². The summed E-state index contributed by atoms with van der Waals surface area (Å²) in [6.07, 6.45) is 1.13. The third-order valence-corrected chi connectivity index (χ3v) is 2.50. The molecule has 0 atom stereocenters. The molecule has 0 radical (unpaired) electrons. The Morgan fingerprint density at radius 3 is 2.20 bits per heavy atom. The van der Waals surface area contributed by atoms with Crippen LogP contribution >= 0.6 is 0 Å². The summed E-state index contributed by atoms with van der Waals surface area (Å²) >= 11 is 0. The van der Waals surface area contributed by atoms with Gasteiger partial charge in [-0.15, -0.1) is 0 Å². The topological polar surface area (TPSA) is 66.4 Å². The number of sulfone groups is 1. The summed E-state index contributed by atoms with van der Waals surface area (Å²) in [4.78, 5) is 0. The Hall–Kier alpha value is -0.130. The highest BCUT2D eigenvalue weighted by molar-refractivity contribution is 7.90. The van der Waals surface area contributed by atoms with Crippen LogP contribution in [0.2, 0.25) is 0 Å². The van der Waals surface area contributed by atoms with E-state index in [4.69, 9.17) is 0 Å². The quantitative estimate of drug-likeness (QED) is 0.515. The van der Waals surface area contributed by atoms with Crippen LogP contribution in [-0.4, -0.2) is 44.2 Å². The second-order valence-corrected chi connectivity index (χ2v) is 5.04. The van der Waals surface area contributed by atoms with Gasteiger partial charge in [0.25, 0.3) is 0 Å². The Morgan fingerprint density at radius 1 is 1.60 bits per heavy atom. The lowest BCUT2D eigenvalue weighted by Gasteiger charge is -2.36. The van der Waals surface area contributed by atoms with Crippen molar-refractivity contribution in [3.05, 3.63) is 0 Å². The highest BCUT2D eigenvalue weighted by Crippen LogP contribution is 2.12. The van der Waals surface area contributed by atoms with Gasteiger partial charge in [-0.25, -0.2) is 8.42 Å². The van der Waals surface area contributed by atoms with Gasteiger partial charge in [0, 0.05) is 19.3 Å². The molecule has 0 bridgehead atoms. The number of rotatable bonds is 2. The van der Waals surface area contributed by atoms with E-state index in [9.17, 15) is 13.5 Å². The summed E-state index contributed by atoms with van der Waals surface area (Å²) in [6, 6.07) is 0. The summed E-state index contributed by atoms with van der Waals surface area (Å²) in [5, 5.41) is 12.1. The van der Waals surface area contributed by atoms with E-state index in [-0.39, 0.29) is 5.75 Å². The molecule has 1 saturated heterocycles. The Kier molecular flexibility index (Phi) is 1.74. The molecule has 0 aromatic rings. The van der Waals surface area contributed by atoms with Crippen molar-refractivity contribution in [2.75, 3.05) is 25.1 Å². The molecule has 1 aliphatic rings. The zero-order chi connectivity index (χ0) is 7.83. The predicted octanol–water partition coefficient (Wildman–Crippen LogP) is -1.63. The van der Waals surface area contributed by atoms with Crippen LogP contribution in [0.4, 0.5) is 0 Å². The molecule has 0 aromatic carbocycles. The average molecular weight is 165 g/mol. The van der Waals surface area contributed by atoms with Gasteiger partial charge < -0.3 is 10.4 Å². The van der Waals surface area contributed by atoms with E-state index >= 15 is 0 Å². The second kappa shape index (κ2) is 2.18. The number of hydrogen-bond donors (Lipinski definition) is 2. The molecule has 1 fully saturated rings. The first-order valence-corrected chi connectivity index (χ1v) is 5.08. The minimum atomic E-state index is -3.03. The fourth-order valence-corrected chi connectivity index (χ4v) is 2.18. The van der Waals surface area contributed by atoms with Gasteiger partial charge in [-0.3, -0.25) is 0 Å². The standard InChI is InChI=1S/C5H11NO3S/c1-10(8,9)4-5(7)2-6-3-5/h6-7H,2-4H2,1H3. The van der Waals surface area contributed by atoms with Crippen molar-refractivity contribution in [3.8, 4) is 0 Å².